The Hall–Kier alpha value is -1.24. The fourth-order valence-corrected chi connectivity index (χ4v) is 2.82. The number of aliphatic hydroxyl groups excluding tert-OH is 2. The molecule has 112 valence electrons. The van der Waals surface area contributed by atoms with E-state index in [1.165, 1.54) is 7.11 Å². The van der Waals surface area contributed by atoms with Gasteiger partial charge in [0, 0.05) is 11.3 Å². The van der Waals surface area contributed by atoms with Crippen molar-refractivity contribution in [2.75, 3.05) is 12.9 Å². The Bertz CT molecular complexity index is 457. The van der Waals surface area contributed by atoms with Crippen LogP contribution in [0.4, 0.5) is 0 Å². The van der Waals surface area contributed by atoms with E-state index < -0.39 is 29.0 Å². The van der Waals surface area contributed by atoms with Gasteiger partial charge in [0.25, 0.3) is 0 Å². The lowest BCUT2D eigenvalue weighted by Gasteiger charge is -2.14. The third kappa shape index (κ3) is 5.81. The molecule has 0 aromatic heterocycles. The fraction of sp³-hybridized carbons (Fsp3) is 0.500. The van der Waals surface area contributed by atoms with Crippen LogP contribution in [-0.2, 0) is 20.3 Å². The number of hydrogen-bond donors (Lipinski definition) is 2. The molecular weight excluding hydrogens is 280 g/mol. The molecule has 0 aliphatic carbocycles. The molecule has 0 fully saturated rings. The molecule has 0 heterocycles. The molecule has 1 aromatic rings. The molecule has 1 rings (SSSR count). The van der Waals surface area contributed by atoms with E-state index in [9.17, 15) is 19.2 Å². The zero-order valence-electron chi connectivity index (χ0n) is 11.6. The number of carbonyl (C=O) groups excluding carboxylic acids is 1. The number of esters is 1. The Morgan fingerprint density at radius 3 is 2.40 bits per heavy atom. The van der Waals surface area contributed by atoms with Crippen LogP contribution in [0, 0.1) is 6.92 Å². The van der Waals surface area contributed by atoms with E-state index in [2.05, 4.69) is 4.74 Å². The summed E-state index contributed by atoms with van der Waals surface area (Å²) in [6, 6.07) is 7.21. The Morgan fingerprint density at radius 1 is 1.25 bits per heavy atom. The first-order valence-corrected chi connectivity index (χ1v) is 7.62. The van der Waals surface area contributed by atoms with E-state index in [0.717, 1.165) is 5.56 Å². The SMILES string of the molecule is COC(=O)C[C@H](O)C[C@@H](O)C[S@](=O)c1ccc(C)cc1. The normalized spacial score (nSPS) is 15.4. The van der Waals surface area contributed by atoms with Crippen molar-refractivity contribution in [3.05, 3.63) is 29.8 Å². The molecule has 0 unspecified atom stereocenters. The Labute approximate surface area is 121 Å². The Morgan fingerprint density at radius 2 is 1.85 bits per heavy atom. The molecule has 0 saturated heterocycles. The Balaban J connectivity index is 2.45. The molecular formula is C14H20O5S. The van der Waals surface area contributed by atoms with Crippen LogP contribution in [0.3, 0.4) is 0 Å². The van der Waals surface area contributed by atoms with Crippen molar-refractivity contribution in [3.8, 4) is 0 Å². The molecule has 20 heavy (non-hydrogen) atoms. The van der Waals surface area contributed by atoms with Crippen molar-refractivity contribution in [1.82, 2.24) is 0 Å². The summed E-state index contributed by atoms with van der Waals surface area (Å²) >= 11 is 0. The quantitative estimate of drug-likeness (QED) is 0.727. The summed E-state index contributed by atoms with van der Waals surface area (Å²) in [4.78, 5) is 11.6. The number of ether oxygens (including phenoxy) is 1. The maximum absolute atomic E-state index is 12.0. The number of benzene rings is 1. The van der Waals surface area contributed by atoms with E-state index in [1.54, 1.807) is 12.1 Å². The van der Waals surface area contributed by atoms with Gasteiger partial charge < -0.3 is 14.9 Å². The first-order valence-electron chi connectivity index (χ1n) is 6.30. The summed E-state index contributed by atoms with van der Waals surface area (Å²) in [7, 11) is -0.0959. The monoisotopic (exact) mass is 300 g/mol. The van der Waals surface area contributed by atoms with E-state index >= 15 is 0 Å². The predicted molar refractivity (Wildman–Crippen MR) is 75.7 cm³/mol. The van der Waals surface area contributed by atoms with Crippen LogP contribution in [0.2, 0.25) is 0 Å². The number of methoxy groups -OCH3 is 1. The van der Waals surface area contributed by atoms with E-state index in [1.807, 2.05) is 19.1 Å². The molecule has 2 N–H and O–H groups in total. The van der Waals surface area contributed by atoms with Gasteiger partial charge in [0.15, 0.2) is 0 Å². The highest BCUT2D eigenvalue weighted by molar-refractivity contribution is 7.85. The van der Waals surface area contributed by atoms with Gasteiger partial charge in [-0.1, -0.05) is 17.7 Å². The van der Waals surface area contributed by atoms with Crippen LogP contribution >= 0.6 is 0 Å². The molecule has 5 nitrogen and oxygen atoms in total. The molecule has 1 aromatic carbocycles. The Kier molecular flexibility index (Phi) is 6.84. The molecule has 0 aliphatic heterocycles. The van der Waals surface area contributed by atoms with Gasteiger partial charge in [-0.15, -0.1) is 0 Å². The van der Waals surface area contributed by atoms with Gasteiger partial charge in [0.2, 0.25) is 0 Å². The zero-order chi connectivity index (χ0) is 15.1. The molecule has 0 aliphatic rings. The van der Waals surface area contributed by atoms with Gasteiger partial charge in [-0.05, 0) is 19.1 Å². The molecule has 0 amide bonds. The molecule has 6 heteroatoms. The van der Waals surface area contributed by atoms with Gasteiger partial charge >= 0.3 is 5.97 Å². The minimum atomic E-state index is -1.33. The molecule has 0 saturated carbocycles. The second kappa shape index (κ2) is 8.14. The van der Waals surface area contributed by atoms with E-state index in [4.69, 9.17) is 0 Å². The summed E-state index contributed by atoms with van der Waals surface area (Å²) < 4.78 is 16.4. The minimum Gasteiger partial charge on any atom is -0.469 e. The van der Waals surface area contributed by atoms with E-state index in [0.29, 0.717) is 4.90 Å². The maximum Gasteiger partial charge on any atom is 0.308 e. The molecule has 3 atom stereocenters. The molecule has 0 radical (unpaired) electrons. The second-order valence-electron chi connectivity index (χ2n) is 4.65. The fourth-order valence-electron chi connectivity index (χ4n) is 1.70. The number of hydrogen-bond acceptors (Lipinski definition) is 5. The first-order chi connectivity index (χ1) is 9.42. The molecule has 0 bridgehead atoms. The van der Waals surface area contributed by atoms with Crippen molar-refractivity contribution >= 4 is 16.8 Å². The molecule has 0 spiro atoms. The zero-order valence-corrected chi connectivity index (χ0v) is 12.4. The van der Waals surface area contributed by atoms with E-state index in [-0.39, 0.29) is 18.6 Å². The largest absolute Gasteiger partial charge is 0.469 e. The average Bonchev–Trinajstić information content (AvgIpc) is 2.38. The smallest absolute Gasteiger partial charge is 0.308 e. The lowest BCUT2D eigenvalue weighted by molar-refractivity contribution is -0.143. The van der Waals surface area contributed by atoms with Gasteiger partial charge in [-0.25, -0.2) is 0 Å². The van der Waals surface area contributed by atoms with Crippen molar-refractivity contribution in [2.45, 2.75) is 36.9 Å². The van der Waals surface area contributed by atoms with Crippen LogP contribution < -0.4 is 0 Å². The number of aryl methyl sites for hydroxylation is 1. The van der Waals surface area contributed by atoms with Crippen LogP contribution in [0.1, 0.15) is 18.4 Å². The minimum absolute atomic E-state index is 0.00724. The standard InChI is InChI=1S/C14H20O5S/c1-10-3-5-13(6-4-10)20(18)9-12(16)7-11(15)8-14(17)19-2/h3-6,11-12,15-16H,7-9H2,1-2H3/t11-,12-,20+/m1/s1. The highest BCUT2D eigenvalue weighted by Crippen LogP contribution is 2.12. The van der Waals surface area contributed by atoms with Crippen LogP contribution in [-0.4, -0.2) is 45.5 Å². The summed E-state index contributed by atoms with van der Waals surface area (Å²) in [6.07, 6.45) is -2.11. The van der Waals surface area contributed by atoms with Gasteiger partial charge in [0.1, 0.15) is 0 Å². The number of aliphatic hydroxyl groups is 2. The maximum atomic E-state index is 12.0. The highest BCUT2D eigenvalue weighted by Gasteiger charge is 2.18. The highest BCUT2D eigenvalue weighted by atomic mass is 32.2. The summed E-state index contributed by atoms with van der Waals surface area (Å²) in [5.41, 5.74) is 1.07. The van der Waals surface area contributed by atoms with Gasteiger partial charge in [-0.3, -0.25) is 9.00 Å². The second-order valence-corrected chi connectivity index (χ2v) is 6.14. The van der Waals surface area contributed by atoms with Crippen LogP contribution in [0.25, 0.3) is 0 Å². The third-order valence-corrected chi connectivity index (χ3v) is 4.29. The topological polar surface area (TPSA) is 83.8 Å². The van der Waals surface area contributed by atoms with Crippen LogP contribution in [0.15, 0.2) is 29.2 Å². The lowest BCUT2D eigenvalue weighted by atomic mass is 10.1. The lowest BCUT2D eigenvalue weighted by Crippen LogP contribution is -2.25. The number of rotatable bonds is 7. The van der Waals surface area contributed by atoms with Gasteiger partial charge in [-0.2, -0.15) is 0 Å². The third-order valence-electron chi connectivity index (χ3n) is 2.80. The van der Waals surface area contributed by atoms with Gasteiger partial charge in [0.05, 0.1) is 42.3 Å². The van der Waals surface area contributed by atoms with Crippen LogP contribution in [0.5, 0.6) is 0 Å². The van der Waals surface area contributed by atoms with Crippen molar-refractivity contribution < 1.29 is 24.0 Å². The summed E-state index contributed by atoms with van der Waals surface area (Å²) in [5.74, 6) is -0.509. The first kappa shape index (κ1) is 16.8. The predicted octanol–water partition coefficient (Wildman–Crippen LogP) is 0.778. The summed E-state index contributed by atoms with van der Waals surface area (Å²) in [6.45, 7) is 1.94. The van der Waals surface area contributed by atoms with Crippen molar-refractivity contribution in [3.63, 3.8) is 0 Å². The number of carbonyl (C=O) groups is 1. The average molecular weight is 300 g/mol. The van der Waals surface area contributed by atoms with Crippen molar-refractivity contribution in [2.24, 2.45) is 0 Å². The van der Waals surface area contributed by atoms with Crippen molar-refractivity contribution in [1.29, 1.82) is 0 Å². The summed E-state index contributed by atoms with van der Waals surface area (Å²) in [5, 5.41) is 19.4.